The fourth-order valence-electron chi connectivity index (χ4n) is 2.32. The molecule has 0 bridgehead atoms. The number of nitro benzene ring substituents is 1. The minimum atomic E-state index is -0.508. The summed E-state index contributed by atoms with van der Waals surface area (Å²) in [6.45, 7) is 0. The van der Waals surface area contributed by atoms with Crippen LogP contribution in [-0.2, 0) is 0 Å². The van der Waals surface area contributed by atoms with Gasteiger partial charge in [-0.2, -0.15) is 9.99 Å². The molecule has 0 aliphatic rings. The van der Waals surface area contributed by atoms with E-state index >= 15 is 0 Å². The molecular formula is C15H8ClN4O4+. The quantitative estimate of drug-likeness (QED) is 0.332. The second-order valence-corrected chi connectivity index (χ2v) is 5.22. The molecule has 0 fully saturated rings. The molecule has 0 aliphatic carbocycles. The average Bonchev–Trinajstić information content (AvgIpc) is 2.60. The zero-order chi connectivity index (χ0) is 17.4. The van der Waals surface area contributed by atoms with Gasteiger partial charge in [-0.05, 0) is 29.3 Å². The smallest absolute Gasteiger partial charge is 0.378 e. The topological polar surface area (TPSA) is 115 Å². The normalized spacial score (nSPS) is 10.5. The summed E-state index contributed by atoms with van der Waals surface area (Å²) in [4.78, 5) is 22.4. The lowest BCUT2D eigenvalue weighted by atomic mass is 10.0. The number of aromatic nitrogens is 2. The van der Waals surface area contributed by atoms with Crippen LogP contribution in [0.4, 0.5) is 5.69 Å². The highest BCUT2D eigenvalue weighted by Crippen LogP contribution is 2.26. The number of halogens is 1. The molecule has 1 N–H and O–H groups in total. The van der Waals surface area contributed by atoms with Gasteiger partial charge in [-0.1, -0.05) is 17.7 Å². The molecule has 3 rings (SSSR count). The van der Waals surface area contributed by atoms with Gasteiger partial charge in [0.25, 0.3) is 11.2 Å². The van der Waals surface area contributed by atoms with Crippen molar-refractivity contribution >= 4 is 28.3 Å². The van der Waals surface area contributed by atoms with Crippen molar-refractivity contribution in [3.63, 3.8) is 0 Å². The standard InChI is InChI=1S/C15H8ClN4O4/c16-15-14(8-17)18(21)13-7-10(3-6-12(13)19(15)22)9-1-4-11(5-2-9)20(23)24/h1-7,22H/q+1. The monoisotopic (exact) mass is 343 g/mol. The van der Waals surface area contributed by atoms with Gasteiger partial charge in [0.2, 0.25) is 5.15 Å². The summed E-state index contributed by atoms with van der Waals surface area (Å²) < 4.78 is 0.892. The predicted octanol–water partition coefficient (Wildman–Crippen LogP) is 2.89. The van der Waals surface area contributed by atoms with Crippen LogP contribution >= 0.6 is 11.6 Å². The lowest BCUT2D eigenvalue weighted by Gasteiger charge is -2.04. The van der Waals surface area contributed by atoms with Crippen LogP contribution in [0.5, 0.6) is 0 Å². The number of rotatable bonds is 2. The molecule has 0 radical (unpaired) electrons. The molecule has 0 saturated heterocycles. The maximum absolute atomic E-state index is 12.3. The molecule has 1 aromatic heterocycles. The van der Waals surface area contributed by atoms with Gasteiger partial charge in [-0.3, -0.25) is 10.1 Å². The van der Waals surface area contributed by atoms with Crippen LogP contribution in [0.3, 0.4) is 0 Å². The minimum Gasteiger partial charge on any atom is -0.426 e. The van der Waals surface area contributed by atoms with Crippen molar-refractivity contribution < 1.29 is 14.6 Å². The fraction of sp³-hybridized carbons (Fsp3) is 0. The van der Waals surface area contributed by atoms with E-state index in [4.69, 9.17) is 16.9 Å². The lowest BCUT2D eigenvalue weighted by molar-refractivity contribution is -0.468. The molecule has 118 valence electrons. The van der Waals surface area contributed by atoms with Crippen molar-refractivity contribution in [3.05, 3.63) is 68.3 Å². The summed E-state index contributed by atoms with van der Waals surface area (Å²) in [7, 11) is 0. The van der Waals surface area contributed by atoms with E-state index in [1.54, 1.807) is 24.3 Å². The first-order valence-corrected chi connectivity index (χ1v) is 6.97. The van der Waals surface area contributed by atoms with E-state index in [0.717, 1.165) is 0 Å². The minimum absolute atomic E-state index is 0.0364. The number of nitrogens with zero attached hydrogens (tertiary/aromatic N) is 4. The Bertz CT molecular complexity index is 1080. The van der Waals surface area contributed by atoms with Crippen molar-refractivity contribution in [2.75, 3.05) is 0 Å². The Balaban J connectivity index is 2.24. The second-order valence-electron chi connectivity index (χ2n) is 4.86. The van der Waals surface area contributed by atoms with Gasteiger partial charge in [0.1, 0.15) is 0 Å². The molecule has 0 spiro atoms. The Kier molecular flexibility index (Phi) is 3.63. The number of hydrogen-bond acceptors (Lipinski definition) is 5. The summed E-state index contributed by atoms with van der Waals surface area (Å²) in [6, 6.07) is 12.0. The second kappa shape index (κ2) is 5.64. The molecule has 0 unspecified atom stereocenters. The van der Waals surface area contributed by atoms with Gasteiger partial charge >= 0.3 is 5.69 Å². The molecule has 2 aromatic carbocycles. The first-order chi connectivity index (χ1) is 11.4. The van der Waals surface area contributed by atoms with Crippen LogP contribution in [0.1, 0.15) is 5.69 Å². The summed E-state index contributed by atoms with van der Waals surface area (Å²) >= 11 is 5.79. The summed E-state index contributed by atoms with van der Waals surface area (Å²) in [5.41, 5.74) is 0.903. The highest BCUT2D eigenvalue weighted by atomic mass is 35.5. The Morgan fingerprint density at radius 1 is 1.21 bits per heavy atom. The Morgan fingerprint density at radius 3 is 2.42 bits per heavy atom. The van der Waals surface area contributed by atoms with Crippen molar-refractivity contribution in [3.8, 4) is 17.2 Å². The van der Waals surface area contributed by atoms with E-state index in [1.807, 2.05) is 0 Å². The third-order valence-electron chi connectivity index (χ3n) is 3.52. The third kappa shape index (κ3) is 2.33. The van der Waals surface area contributed by atoms with E-state index in [0.29, 0.717) is 20.3 Å². The SMILES string of the molecule is N#Cc1c(Cl)n(O)c2ccc(-c3ccc([N+](=O)[O-])cc3)cc2[n+]1=O. The molecule has 0 aliphatic heterocycles. The maximum atomic E-state index is 12.3. The van der Waals surface area contributed by atoms with Crippen LogP contribution in [0.15, 0.2) is 42.5 Å². The molecule has 8 nitrogen and oxygen atoms in total. The molecule has 0 atom stereocenters. The van der Waals surface area contributed by atoms with Crippen LogP contribution in [-0.4, -0.2) is 14.9 Å². The number of benzene rings is 2. The van der Waals surface area contributed by atoms with E-state index < -0.39 is 10.6 Å². The first-order valence-electron chi connectivity index (χ1n) is 6.59. The number of hydrogen-bond donors (Lipinski definition) is 1. The van der Waals surface area contributed by atoms with Crippen molar-refractivity contribution in [2.45, 2.75) is 0 Å². The van der Waals surface area contributed by atoms with Crippen molar-refractivity contribution in [2.24, 2.45) is 0 Å². The molecule has 0 saturated carbocycles. The average molecular weight is 344 g/mol. The van der Waals surface area contributed by atoms with Crippen LogP contribution < -0.4 is 4.43 Å². The Labute approximate surface area is 139 Å². The van der Waals surface area contributed by atoms with Crippen LogP contribution in [0, 0.1) is 26.4 Å². The number of nitriles is 1. The summed E-state index contributed by atoms with van der Waals surface area (Å²) in [5, 5.41) is 29.3. The first kappa shape index (κ1) is 15.5. The van der Waals surface area contributed by atoms with Gasteiger partial charge in [-0.25, -0.2) is 0 Å². The maximum Gasteiger partial charge on any atom is 0.378 e. The van der Waals surface area contributed by atoms with Gasteiger partial charge in [-0.15, -0.1) is 0 Å². The zero-order valence-corrected chi connectivity index (χ0v) is 12.6. The van der Waals surface area contributed by atoms with Crippen LogP contribution in [0.25, 0.3) is 22.2 Å². The van der Waals surface area contributed by atoms with Gasteiger partial charge in [0.15, 0.2) is 11.6 Å². The predicted molar refractivity (Wildman–Crippen MR) is 84.3 cm³/mol. The third-order valence-corrected chi connectivity index (χ3v) is 3.86. The van der Waals surface area contributed by atoms with E-state index in [9.17, 15) is 20.2 Å². The largest absolute Gasteiger partial charge is 0.426 e. The molecular weight excluding hydrogens is 336 g/mol. The molecule has 3 aromatic rings. The number of nitro groups is 1. The van der Waals surface area contributed by atoms with E-state index in [2.05, 4.69) is 0 Å². The summed E-state index contributed by atoms with van der Waals surface area (Å²) in [5.74, 6) is 0. The number of non-ortho nitro benzene ring substituents is 1. The highest BCUT2D eigenvalue weighted by molar-refractivity contribution is 6.30. The highest BCUT2D eigenvalue weighted by Gasteiger charge is 2.24. The molecule has 1 heterocycles. The van der Waals surface area contributed by atoms with Gasteiger partial charge in [0.05, 0.1) is 9.35 Å². The van der Waals surface area contributed by atoms with E-state index in [1.165, 1.54) is 24.3 Å². The van der Waals surface area contributed by atoms with Gasteiger partial charge in [0, 0.05) is 23.1 Å². The summed E-state index contributed by atoms with van der Waals surface area (Å²) in [6.07, 6.45) is 0. The number of fused-ring (bicyclic) bond motifs is 1. The van der Waals surface area contributed by atoms with E-state index in [-0.39, 0.29) is 21.9 Å². The Morgan fingerprint density at radius 2 is 1.83 bits per heavy atom. The lowest BCUT2D eigenvalue weighted by Crippen LogP contribution is -2.24. The Hall–Kier alpha value is -3.44. The van der Waals surface area contributed by atoms with Crippen LogP contribution in [0.2, 0.25) is 5.15 Å². The fourth-order valence-corrected chi connectivity index (χ4v) is 2.53. The van der Waals surface area contributed by atoms with Gasteiger partial charge < -0.3 is 5.21 Å². The molecule has 24 heavy (non-hydrogen) atoms. The van der Waals surface area contributed by atoms with Crippen molar-refractivity contribution in [1.29, 1.82) is 5.26 Å². The van der Waals surface area contributed by atoms with Crippen molar-refractivity contribution in [1.82, 2.24) is 4.73 Å². The molecule has 0 amide bonds. The zero-order valence-electron chi connectivity index (χ0n) is 11.9. The molecule has 9 heteroatoms.